The minimum Gasteiger partial charge on any atom is -0.394 e. The maximum absolute atomic E-state index is 11.6. The summed E-state index contributed by atoms with van der Waals surface area (Å²) in [7, 11) is 0. The van der Waals surface area contributed by atoms with Crippen LogP contribution in [0.4, 0.5) is 0 Å². The van der Waals surface area contributed by atoms with E-state index in [1.165, 1.54) is 0 Å². The molecule has 1 amide bonds. The topological polar surface area (TPSA) is 95.6 Å². The van der Waals surface area contributed by atoms with Crippen LogP contribution in [0.15, 0.2) is 0 Å². The summed E-state index contributed by atoms with van der Waals surface area (Å²) in [5.74, 6) is -0.324. The van der Waals surface area contributed by atoms with E-state index in [1.54, 1.807) is 0 Å². The molecule has 0 fully saturated rings. The molecule has 0 aliphatic carbocycles. The largest absolute Gasteiger partial charge is 0.394 e. The molecule has 0 radical (unpaired) electrons. The van der Waals surface area contributed by atoms with Crippen LogP contribution in [0.1, 0.15) is 26.7 Å². The first-order chi connectivity index (χ1) is 6.53. The van der Waals surface area contributed by atoms with Gasteiger partial charge >= 0.3 is 0 Å². The minimum atomic E-state index is -0.900. The van der Waals surface area contributed by atoms with Crippen LogP contribution < -0.4 is 11.1 Å². The average Bonchev–Trinajstić information content (AvgIpc) is 2.24. The monoisotopic (exact) mass is 204 g/mol. The molecule has 0 bridgehead atoms. The summed E-state index contributed by atoms with van der Waals surface area (Å²) < 4.78 is 0. The highest BCUT2D eigenvalue weighted by atomic mass is 16.3. The van der Waals surface area contributed by atoms with E-state index in [2.05, 4.69) is 5.32 Å². The van der Waals surface area contributed by atoms with E-state index in [4.69, 9.17) is 15.9 Å². The molecule has 0 atom stereocenters. The summed E-state index contributed by atoms with van der Waals surface area (Å²) in [4.78, 5) is 11.6. The number of aliphatic hydroxyl groups is 2. The fourth-order valence-electron chi connectivity index (χ4n) is 1.05. The van der Waals surface area contributed by atoms with Crippen LogP contribution in [0.25, 0.3) is 0 Å². The average molecular weight is 204 g/mol. The van der Waals surface area contributed by atoms with Crippen LogP contribution in [0, 0.1) is 0 Å². The number of nitrogens with one attached hydrogen (secondary N) is 1. The first kappa shape index (κ1) is 13.4. The van der Waals surface area contributed by atoms with E-state index in [0.717, 1.165) is 0 Å². The maximum Gasteiger partial charge on any atom is 0.240 e. The Balaban J connectivity index is 4.30. The molecule has 0 aliphatic heterocycles. The van der Waals surface area contributed by atoms with Gasteiger partial charge in [-0.2, -0.15) is 0 Å². The summed E-state index contributed by atoms with van der Waals surface area (Å²) in [5.41, 5.74) is 4.92. The van der Waals surface area contributed by atoms with Crippen molar-refractivity contribution in [1.29, 1.82) is 0 Å². The second-order valence-corrected chi connectivity index (χ2v) is 3.40. The molecule has 84 valence electrons. The first-order valence-corrected chi connectivity index (χ1v) is 4.85. The van der Waals surface area contributed by atoms with Gasteiger partial charge in [-0.25, -0.2) is 0 Å². The Morgan fingerprint density at radius 1 is 1.36 bits per heavy atom. The Morgan fingerprint density at radius 2 is 1.79 bits per heavy atom. The lowest BCUT2D eigenvalue weighted by atomic mass is 9.93. The number of aliphatic hydroxyl groups excluding tert-OH is 2. The van der Waals surface area contributed by atoms with Crippen LogP contribution in [-0.2, 0) is 4.79 Å². The third kappa shape index (κ3) is 3.25. The summed E-state index contributed by atoms with van der Waals surface area (Å²) in [6, 6.07) is -0.622. The van der Waals surface area contributed by atoms with Crippen LogP contribution in [0.5, 0.6) is 0 Å². The highest BCUT2D eigenvalue weighted by Gasteiger charge is 2.30. The van der Waals surface area contributed by atoms with Crippen molar-refractivity contribution in [2.75, 3.05) is 13.2 Å². The van der Waals surface area contributed by atoms with Gasteiger partial charge in [0.15, 0.2) is 0 Å². The fraction of sp³-hybridized carbons (Fsp3) is 0.889. The summed E-state index contributed by atoms with van der Waals surface area (Å²) in [5, 5.41) is 20.0. The molecule has 0 aliphatic rings. The third-order valence-corrected chi connectivity index (χ3v) is 2.49. The van der Waals surface area contributed by atoms with E-state index in [9.17, 15) is 4.79 Å². The number of carbonyl (C=O) groups excluding carboxylic acids is 1. The molecule has 0 saturated heterocycles. The smallest absolute Gasteiger partial charge is 0.240 e. The van der Waals surface area contributed by atoms with E-state index < -0.39 is 11.6 Å². The van der Waals surface area contributed by atoms with Crippen molar-refractivity contribution in [1.82, 2.24) is 5.32 Å². The predicted molar refractivity (Wildman–Crippen MR) is 53.6 cm³/mol. The van der Waals surface area contributed by atoms with E-state index >= 15 is 0 Å². The lowest BCUT2D eigenvalue weighted by molar-refractivity contribution is -0.128. The maximum atomic E-state index is 11.6. The second-order valence-electron chi connectivity index (χ2n) is 3.40. The molecule has 0 aromatic heterocycles. The molecule has 0 spiro atoms. The zero-order valence-corrected chi connectivity index (χ0v) is 8.79. The molecule has 5 N–H and O–H groups in total. The minimum absolute atomic E-state index is 0.286. The van der Waals surface area contributed by atoms with Gasteiger partial charge in [-0.1, -0.05) is 13.8 Å². The molecule has 0 rings (SSSR count). The van der Waals surface area contributed by atoms with E-state index in [0.29, 0.717) is 12.8 Å². The van der Waals surface area contributed by atoms with Gasteiger partial charge in [0, 0.05) is 0 Å². The lowest BCUT2D eigenvalue weighted by Crippen LogP contribution is -2.56. The van der Waals surface area contributed by atoms with Gasteiger partial charge in [-0.3, -0.25) is 4.79 Å². The van der Waals surface area contributed by atoms with Crippen molar-refractivity contribution in [3.05, 3.63) is 0 Å². The van der Waals surface area contributed by atoms with Gasteiger partial charge < -0.3 is 21.3 Å². The number of carbonyl (C=O) groups is 1. The predicted octanol–water partition coefficient (Wildman–Crippen LogP) is -1.03. The number of nitrogens with two attached hydrogens (primary N) is 1. The molecular formula is C9H20N2O3. The molecular weight excluding hydrogens is 184 g/mol. The van der Waals surface area contributed by atoms with Gasteiger partial charge in [0.2, 0.25) is 5.91 Å². The van der Waals surface area contributed by atoms with Crippen molar-refractivity contribution in [3.8, 4) is 0 Å². The second kappa shape index (κ2) is 5.95. The molecule has 0 saturated carbocycles. The first-order valence-electron chi connectivity index (χ1n) is 4.85. The third-order valence-electron chi connectivity index (χ3n) is 2.49. The number of rotatable bonds is 6. The van der Waals surface area contributed by atoms with Crippen molar-refractivity contribution in [3.63, 3.8) is 0 Å². The Morgan fingerprint density at radius 3 is 2.07 bits per heavy atom. The Kier molecular flexibility index (Phi) is 5.68. The summed E-state index contributed by atoms with van der Waals surface area (Å²) >= 11 is 0. The zero-order chi connectivity index (χ0) is 11.2. The van der Waals surface area contributed by atoms with Gasteiger partial charge in [0.05, 0.1) is 24.8 Å². The van der Waals surface area contributed by atoms with Crippen LogP contribution >= 0.6 is 0 Å². The van der Waals surface area contributed by atoms with Crippen molar-refractivity contribution < 1.29 is 15.0 Å². The molecule has 0 heterocycles. The molecule has 5 heteroatoms. The quantitative estimate of drug-likeness (QED) is 0.445. The van der Waals surface area contributed by atoms with E-state index in [1.807, 2.05) is 13.8 Å². The zero-order valence-electron chi connectivity index (χ0n) is 8.79. The van der Waals surface area contributed by atoms with Crippen molar-refractivity contribution in [2.45, 2.75) is 38.3 Å². The fourth-order valence-corrected chi connectivity index (χ4v) is 1.05. The normalized spacial score (nSPS) is 11.9. The Hall–Kier alpha value is -0.650. The highest BCUT2D eigenvalue weighted by Crippen LogP contribution is 2.11. The van der Waals surface area contributed by atoms with Crippen LogP contribution in [-0.4, -0.2) is 40.9 Å². The standard InChI is InChI=1S/C9H20N2O3/c1-3-9(10,4-2)8(14)11-7(5-12)6-13/h7,12-13H,3-6,10H2,1-2H3,(H,11,14). The van der Waals surface area contributed by atoms with Crippen molar-refractivity contribution >= 4 is 5.91 Å². The number of hydrogen-bond acceptors (Lipinski definition) is 4. The molecule has 5 nitrogen and oxygen atoms in total. The van der Waals surface area contributed by atoms with Crippen LogP contribution in [0.2, 0.25) is 0 Å². The molecule has 14 heavy (non-hydrogen) atoms. The molecule has 0 unspecified atom stereocenters. The summed E-state index contributed by atoms with van der Waals surface area (Å²) in [6.45, 7) is 3.09. The Labute approximate surface area is 84.3 Å². The molecule has 0 aromatic carbocycles. The van der Waals surface area contributed by atoms with Crippen LogP contribution in [0.3, 0.4) is 0 Å². The lowest BCUT2D eigenvalue weighted by Gasteiger charge is -2.27. The van der Waals surface area contributed by atoms with Crippen molar-refractivity contribution in [2.24, 2.45) is 5.73 Å². The SMILES string of the molecule is CCC(N)(CC)C(=O)NC(CO)CO. The number of hydrogen-bond donors (Lipinski definition) is 4. The molecule has 0 aromatic rings. The number of amides is 1. The van der Waals surface area contributed by atoms with Gasteiger partial charge in [0.25, 0.3) is 0 Å². The summed E-state index contributed by atoms with van der Waals surface area (Å²) in [6.07, 6.45) is 1.05. The highest BCUT2D eigenvalue weighted by molar-refractivity contribution is 5.86. The van der Waals surface area contributed by atoms with Gasteiger partial charge in [-0.05, 0) is 12.8 Å². The van der Waals surface area contributed by atoms with Gasteiger partial charge in [0.1, 0.15) is 0 Å². The Bertz CT molecular complexity index is 177. The van der Waals surface area contributed by atoms with Gasteiger partial charge in [-0.15, -0.1) is 0 Å². The van der Waals surface area contributed by atoms with E-state index in [-0.39, 0.29) is 19.1 Å².